The number of nitrogens with zero attached hydrogens (tertiary/aromatic N) is 2. The van der Waals surface area contributed by atoms with Crippen LogP contribution in [0.25, 0.3) is 11.0 Å². The lowest BCUT2D eigenvalue weighted by Crippen LogP contribution is -2.18. The third kappa shape index (κ3) is 3.03. The van der Waals surface area contributed by atoms with Crippen molar-refractivity contribution in [2.45, 2.75) is 19.4 Å². The summed E-state index contributed by atoms with van der Waals surface area (Å²) < 4.78 is 0. The van der Waals surface area contributed by atoms with Crippen LogP contribution in [-0.4, -0.2) is 20.9 Å². The molecular weight excluding hydrogens is 288 g/mol. The van der Waals surface area contributed by atoms with Crippen molar-refractivity contribution in [1.82, 2.24) is 9.97 Å². The molecule has 3 rings (SSSR count). The minimum absolute atomic E-state index is 0.0593. The standard InChI is InChI=1S/C14H14N4O2S/c1-9(6-10-4-5-21-8-10)15-14-16-12-3-2-11(18(19)20)7-13(12)17-14/h2-5,7-9H,6H2,1H3,(H2,15,16,17). The predicted molar refractivity (Wildman–Crippen MR) is 83.9 cm³/mol. The normalized spacial score (nSPS) is 12.4. The van der Waals surface area contributed by atoms with Gasteiger partial charge in [0.1, 0.15) is 0 Å². The number of nitro benzene ring substituents is 1. The number of imidazole rings is 1. The lowest BCUT2D eigenvalue weighted by molar-refractivity contribution is -0.384. The minimum Gasteiger partial charge on any atom is -0.353 e. The van der Waals surface area contributed by atoms with E-state index in [9.17, 15) is 10.1 Å². The molecule has 0 bridgehead atoms. The number of hydrogen-bond donors (Lipinski definition) is 2. The predicted octanol–water partition coefficient (Wildman–Crippen LogP) is 3.58. The number of fused-ring (bicyclic) bond motifs is 1. The Labute approximate surface area is 125 Å². The third-order valence-corrected chi connectivity index (χ3v) is 3.91. The summed E-state index contributed by atoms with van der Waals surface area (Å²) in [6.45, 7) is 2.08. The molecule has 1 atom stereocenters. The summed E-state index contributed by atoms with van der Waals surface area (Å²) in [7, 11) is 0. The highest BCUT2D eigenvalue weighted by atomic mass is 32.1. The van der Waals surface area contributed by atoms with Gasteiger partial charge in [-0.3, -0.25) is 10.1 Å². The zero-order chi connectivity index (χ0) is 14.8. The van der Waals surface area contributed by atoms with Crippen molar-refractivity contribution in [3.05, 3.63) is 50.7 Å². The van der Waals surface area contributed by atoms with Crippen molar-refractivity contribution in [1.29, 1.82) is 0 Å². The van der Waals surface area contributed by atoms with Crippen molar-refractivity contribution < 1.29 is 4.92 Å². The molecule has 21 heavy (non-hydrogen) atoms. The Morgan fingerprint density at radius 3 is 3.05 bits per heavy atom. The number of rotatable bonds is 5. The second-order valence-electron chi connectivity index (χ2n) is 4.93. The maximum absolute atomic E-state index is 10.8. The van der Waals surface area contributed by atoms with Gasteiger partial charge in [0, 0.05) is 18.2 Å². The maximum Gasteiger partial charge on any atom is 0.271 e. The Bertz CT molecular complexity index is 766. The van der Waals surface area contributed by atoms with E-state index in [0.717, 1.165) is 6.42 Å². The quantitative estimate of drug-likeness (QED) is 0.557. The first-order valence-corrected chi connectivity index (χ1v) is 7.48. The lowest BCUT2D eigenvalue weighted by Gasteiger charge is -2.11. The van der Waals surface area contributed by atoms with E-state index in [-0.39, 0.29) is 11.7 Å². The summed E-state index contributed by atoms with van der Waals surface area (Å²) in [6.07, 6.45) is 0.903. The van der Waals surface area contributed by atoms with Crippen LogP contribution in [0.15, 0.2) is 35.0 Å². The average Bonchev–Trinajstić information content (AvgIpc) is 3.05. The van der Waals surface area contributed by atoms with Gasteiger partial charge in [0.2, 0.25) is 5.95 Å². The van der Waals surface area contributed by atoms with Crippen LogP contribution in [0.5, 0.6) is 0 Å². The first-order chi connectivity index (χ1) is 10.1. The topological polar surface area (TPSA) is 83.8 Å². The smallest absolute Gasteiger partial charge is 0.271 e. The van der Waals surface area contributed by atoms with Crippen LogP contribution in [-0.2, 0) is 6.42 Å². The summed E-state index contributed by atoms with van der Waals surface area (Å²) in [5, 5.41) is 18.2. The second-order valence-corrected chi connectivity index (χ2v) is 5.71. The number of benzene rings is 1. The molecule has 0 aliphatic rings. The average molecular weight is 302 g/mol. The fourth-order valence-electron chi connectivity index (χ4n) is 2.23. The van der Waals surface area contributed by atoms with Crippen LogP contribution in [0.4, 0.5) is 11.6 Å². The van der Waals surface area contributed by atoms with Crippen LogP contribution in [0, 0.1) is 10.1 Å². The number of hydrogen-bond acceptors (Lipinski definition) is 5. The Hall–Kier alpha value is -2.41. The molecule has 2 N–H and O–H groups in total. The van der Waals surface area contributed by atoms with Crippen molar-refractivity contribution >= 4 is 34.0 Å². The zero-order valence-corrected chi connectivity index (χ0v) is 12.2. The summed E-state index contributed by atoms with van der Waals surface area (Å²) in [6, 6.07) is 6.93. The summed E-state index contributed by atoms with van der Waals surface area (Å²) in [5.41, 5.74) is 2.72. The molecule has 0 amide bonds. The van der Waals surface area contributed by atoms with Gasteiger partial charge in [-0.25, -0.2) is 4.98 Å². The van der Waals surface area contributed by atoms with Gasteiger partial charge in [0.15, 0.2) is 0 Å². The highest BCUT2D eigenvalue weighted by Gasteiger charge is 2.11. The van der Waals surface area contributed by atoms with E-state index >= 15 is 0 Å². The fourth-order valence-corrected chi connectivity index (χ4v) is 2.91. The number of aromatic amines is 1. The molecule has 0 fully saturated rings. The molecule has 0 aliphatic carbocycles. The SMILES string of the molecule is CC(Cc1ccsc1)Nc1nc2ccc([N+](=O)[O-])cc2[nH]1. The van der Waals surface area contributed by atoms with Crippen molar-refractivity contribution in [3.63, 3.8) is 0 Å². The maximum atomic E-state index is 10.8. The van der Waals surface area contributed by atoms with E-state index in [1.54, 1.807) is 17.4 Å². The van der Waals surface area contributed by atoms with Gasteiger partial charge in [-0.1, -0.05) is 0 Å². The lowest BCUT2D eigenvalue weighted by atomic mass is 10.1. The highest BCUT2D eigenvalue weighted by Crippen LogP contribution is 2.21. The molecule has 6 nitrogen and oxygen atoms in total. The largest absolute Gasteiger partial charge is 0.353 e. The zero-order valence-electron chi connectivity index (χ0n) is 11.4. The molecule has 1 unspecified atom stereocenters. The summed E-state index contributed by atoms with van der Waals surface area (Å²) >= 11 is 1.68. The van der Waals surface area contributed by atoms with Crippen LogP contribution >= 0.6 is 11.3 Å². The fraction of sp³-hybridized carbons (Fsp3) is 0.214. The molecule has 0 saturated heterocycles. The van der Waals surface area contributed by atoms with Gasteiger partial charge in [-0.2, -0.15) is 11.3 Å². The molecule has 2 aromatic heterocycles. The van der Waals surface area contributed by atoms with E-state index in [4.69, 9.17) is 0 Å². The number of nitrogens with one attached hydrogen (secondary N) is 2. The van der Waals surface area contributed by atoms with E-state index in [2.05, 4.69) is 39.0 Å². The van der Waals surface area contributed by atoms with E-state index in [1.807, 2.05) is 0 Å². The summed E-state index contributed by atoms with van der Waals surface area (Å²) in [4.78, 5) is 17.8. The van der Waals surface area contributed by atoms with Crippen LogP contribution in [0.1, 0.15) is 12.5 Å². The Balaban J connectivity index is 1.76. The molecule has 3 aromatic rings. The molecule has 0 spiro atoms. The van der Waals surface area contributed by atoms with E-state index < -0.39 is 4.92 Å². The molecule has 0 saturated carbocycles. The molecule has 0 radical (unpaired) electrons. The van der Waals surface area contributed by atoms with E-state index in [1.165, 1.54) is 17.7 Å². The van der Waals surface area contributed by atoms with Crippen LogP contribution < -0.4 is 5.32 Å². The van der Waals surface area contributed by atoms with Crippen LogP contribution in [0.2, 0.25) is 0 Å². The molecule has 0 aliphatic heterocycles. The minimum atomic E-state index is -0.410. The highest BCUT2D eigenvalue weighted by molar-refractivity contribution is 7.07. The van der Waals surface area contributed by atoms with Gasteiger partial charge in [-0.05, 0) is 41.8 Å². The van der Waals surface area contributed by atoms with Gasteiger partial charge < -0.3 is 10.3 Å². The Morgan fingerprint density at radius 2 is 2.33 bits per heavy atom. The van der Waals surface area contributed by atoms with Gasteiger partial charge in [-0.15, -0.1) is 0 Å². The molecule has 1 aromatic carbocycles. The van der Waals surface area contributed by atoms with Crippen molar-refractivity contribution in [2.24, 2.45) is 0 Å². The molecule has 7 heteroatoms. The van der Waals surface area contributed by atoms with Crippen molar-refractivity contribution in [3.8, 4) is 0 Å². The number of H-pyrrole nitrogens is 1. The van der Waals surface area contributed by atoms with Gasteiger partial charge >= 0.3 is 0 Å². The Morgan fingerprint density at radius 1 is 1.48 bits per heavy atom. The van der Waals surface area contributed by atoms with E-state index in [0.29, 0.717) is 17.0 Å². The first kappa shape index (κ1) is 13.6. The molecule has 108 valence electrons. The van der Waals surface area contributed by atoms with Crippen molar-refractivity contribution in [2.75, 3.05) is 5.32 Å². The van der Waals surface area contributed by atoms with Crippen LogP contribution in [0.3, 0.4) is 0 Å². The first-order valence-electron chi connectivity index (χ1n) is 6.53. The van der Waals surface area contributed by atoms with Gasteiger partial charge in [0.25, 0.3) is 5.69 Å². The number of anilines is 1. The van der Waals surface area contributed by atoms with Gasteiger partial charge in [0.05, 0.1) is 16.0 Å². The molecular formula is C14H14N4O2S. The number of non-ortho nitro benzene ring substituents is 1. The third-order valence-electron chi connectivity index (χ3n) is 3.18. The summed E-state index contributed by atoms with van der Waals surface area (Å²) in [5.74, 6) is 0.633. The number of thiophene rings is 1. The second kappa shape index (κ2) is 5.53. The number of nitro groups is 1. The Kier molecular flexibility index (Phi) is 3.57. The number of aromatic nitrogens is 2. The monoisotopic (exact) mass is 302 g/mol. The molecule has 2 heterocycles.